The van der Waals surface area contributed by atoms with E-state index in [9.17, 15) is 0 Å². The van der Waals surface area contributed by atoms with Gasteiger partial charge in [0, 0.05) is 23.7 Å². The minimum atomic E-state index is 0.611. The molecule has 0 N–H and O–H groups in total. The molecule has 0 saturated heterocycles. The lowest BCUT2D eigenvalue weighted by Gasteiger charge is -2.03. The largest absolute Gasteiger partial charge is 0.475 e. The molecule has 2 aromatic rings. The number of pyridine rings is 1. The van der Waals surface area contributed by atoms with Gasteiger partial charge in [-0.1, -0.05) is 6.92 Å². The van der Waals surface area contributed by atoms with Gasteiger partial charge in [-0.05, 0) is 17.9 Å². The van der Waals surface area contributed by atoms with Gasteiger partial charge in [0.2, 0.25) is 0 Å². The monoisotopic (exact) mass is 267 g/mol. The molecule has 0 amide bonds. The summed E-state index contributed by atoms with van der Waals surface area (Å²) in [5, 5.41) is 0. The molecule has 0 atom stereocenters. The van der Waals surface area contributed by atoms with E-state index in [1.807, 2.05) is 23.9 Å². The van der Waals surface area contributed by atoms with Crippen molar-refractivity contribution in [3.8, 4) is 17.1 Å². The fourth-order valence-electron chi connectivity index (χ4n) is 1.30. The van der Waals surface area contributed by atoms with Crippen LogP contribution in [0, 0.1) is 0 Å². The van der Waals surface area contributed by atoms with Gasteiger partial charge in [0.1, 0.15) is 5.69 Å². The van der Waals surface area contributed by atoms with Gasteiger partial charge in [-0.3, -0.25) is 4.98 Å². The van der Waals surface area contributed by atoms with E-state index in [-0.39, 0.29) is 0 Å². The standard InChI is InChI=1S/C11H13N3OS2/c1-2-16-7-6-15-11-10(13-17-14-11)9-4-3-5-12-8-9/h3-5,8H,2,6-7H2,1H3. The topological polar surface area (TPSA) is 47.9 Å². The van der Waals surface area contributed by atoms with Crippen molar-refractivity contribution in [2.75, 3.05) is 18.1 Å². The second-order valence-electron chi connectivity index (χ2n) is 3.21. The molecule has 90 valence electrons. The third-order valence-electron chi connectivity index (χ3n) is 2.06. The fourth-order valence-corrected chi connectivity index (χ4v) is 2.31. The minimum Gasteiger partial charge on any atom is -0.475 e. The molecule has 17 heavy (non-hydrogen) atoms. The molecule has 0 aromatic carbocycles. The summed E-state index contributed by atoms with van der Waals surface area (Å²) < 4.78 is 14.0. The van der Waals surface area contributed by atoms with Gasteiger partial charge in [-0.25, -0.2) is 0 Å². The lowest BCUT2D eigenvalue weighted by atomic mass is 10.2. The molecule has 0 radical (unpaired) electrons. The number of thioether (sulfide) groups is 1. The van der Waals surface area contributed by atoms with E-state index >= 15 is 0 Å². The molecular formula is C11H13N3OS2. The molecular weight excluding hydrogens is 254 g/mol. The average Bonchev–Trinajstić information content (AvgIpc) is 2.84. The Bertz CT molecular complexity index is 447. The Balaban J connectivity index is 2.02. The van der Waals surface area contributed by atoms with Gasteiger partial charge in [0.25, 0.3) is 5.88 Å². The number of nitrogens with zero attached hydrogens (tertiary/aromatic N) is 3. The first-order chi connectivity index (χ1) is 8.42. The number of hydrogen-bond acceptors (Lipinski definition) is 6. The minimum absolute atomic E-state index is 0.611. The van der Waals surface area contributed by atoms with Gasteiger partial charge in [-0.2, -0.15) is 16.1 Å². The molecule has 2 aromatic heterocycles. The maximum atomic E-state index is 5.62. The van der Waals surface area contributed by atoms with Crippen molar-refractivity contribution in [1.29, 1.82) is 0 Å². The van der Waals surface area contributed by atoms with Crippen LogP contribution in [0.3, 0.4) is 0 Å². The highest BCUT2D eigenvalue weighted by Gasteiger charge is 2.11. The summed E-state index contributed by atoms with van der Waals surface area (Å²) >= 11 is 3.01. The average molecular weight is 267 g/mol. The van der Waals surface area contributed by atoms with E-state index in [1.54, 1.807) is 12.4 Å². The van der Waals surface area contributed by atoms with Crippen LogP contribution < -0.4 is 4.74 Å². The SMILES string of the molecule is CCSCCOc1nsnc1-c1cccnc1. The zero-order valence-electron chi connectivity index (χ0n) is 9.50. The van der Waals surface area contributed by atoms with Gasteiger partial charge in [0.15, 0.2) is 0 Å². The maximum Gasteiger partial charge on any atom is 0.254 e. The highest BCUT2D eigenvalue weighted by Crippen LogP contribution is 2.26. The third-order valence-corrected chi connectivity index (χ3v) is 3.44. The van der Waals surface area contributed by atoms with Crippen LogP contribution >= 0.6 is 23.5 Å². The molecule has 0 fully saturated rings. The highest BCUT2D eigenvalue weighted by molar-refractivity contribution is 7.99. The molecule has 0 aliphatic heterocycles. The van der Waals surface area contributed by atoms with Crippen molar-refractivity contribution in [3.05, 3.63) is 24.5 Å². The first kappa shape index (κ1) is 12.3. The number of rotatable bonds is 6. The van der Waals surface area contributed by atoms with E-state index < -0.39 is 0 Å². The first-order valence-electron chi connectivity index (χ1n) is 5.35. The van der Waals surface area contributed by atoms with Crippen molar-refractivity contribution in [1.82, 2.24) is 13.7 Å². The molecule has 0 saturated carbocycles. The zero-order valence-corrected chi connectivity index (χ0v) is 11.1. The van der Waals surface area contributed by atoms with Gasteiger partial charge >= 0.3 is 0 Å². The summed E-state index contributed by atoms with van der Waals surface area (Å²) in [6.07, 6.45) is 3.51. The summed E-state index contributed by atoms with van der Waals surface area (Å²) in [4.78, 5) is 4.07. The Morgan fingerprint density at radius 2 is 2.35 bits per heavy atom. The summed E-state index contributed by atoms with van der Waals surface area (Å²) in [5.74, 6) is 2.69. The van der Waals surface area contributed by atoms with Crippen molar-refractivity contribution in [2.24, 2.45) is 0 Å². The predicted molar refractivity (Wildman–Crippen MR) is 71.6 cm³/mol. The lowest BCUT2D eigenvalue weighted by Crippen LogP contribution is -2.01. The zero-order chi connectivity index (χ0) is 11.9. The molecule has 6 heteroatoms. The second-order valence-corrected chi connectivity index (χ2v) is 5.13. The molecule has 0 aliphatic carbocycles. The predicted octanol–water partition coefficient (Wildman–Crippen LogP) is 2.73. The Hall–Kier alpha value is -1.14. The summed E-state index contributed by atoms with van der Waals surface area (Å²) in [6.45, 7) is 2.80. The van der Waals surface area contributed by atoms with Crippen LogP contribution in [0.4, 0.5) is 0 Å². The van der Waals surface area contributed by atoms with Crippen molar-refractivity contribution in [2.45, 2.75) is 6.92 Å². The number of hydrogen-bond donors (Lipinski definition) is 0. The van der Waals surface area contributed by atoms with Gasteiger partial charge < -0.3 is 4.74 Å². The van der Waals surface area contributed by atoms with Crippen LogP contribution in [0.15, 0.2) is 24.5 Å². The molecule has 4 nitrogen and oxygen atoms in total. The smallest absolute Gasteiger partial charge is 0.254 e. The van der Waals surface area contributed by atoms with Gasteiger partial charge in [0.05, 0.1) is 18.3 Å². The van der Waals surface area contributed by atoms with E-state index in [1.165, 1.54) is 11.7 Å². The second kappa shape index (κ2) is 6.56. The molecule has 2 heterocycles. The Morgan fingerprint density at radius 3 is 3.12 bits per heavy atom. The van der Waals surface area contributed by atoms with Crippen LogP contribution in [-0.2, 0) is 0 Å². The Labute approximate surface area is 109 Å². The van der Waals surface area contributed by atoms with Crippen molar-refractivity contribution < 1.29 is 4.74 Å². The van der Waals surface area contributed by atoms with E-state index in [0.29, 0.717) is 12.5 Å². The Morgan fingerprint density at radius 1 is 1.41 bits per heavy atom. The lowest BCUT2D eigenvalue weighted by molar-refractivity contribution is 0.335. The van der Waals surface area contributed by atoms with Crippen LogP contribution in [0.2, 0.25) is 0 Å². The summed E-state index contributed by atoms with van der Waals surface area (Å²) in [6, 6.07) is 3.84. The van der Waals surface area contributed by atoms with Crippen molar-refractivity contribution in [3.63, 3.8) is 0 Å². The molecule has 0 aliphatic rings. The van der Waals surface area contributed by atoms with Crippen LogP contribution in [0.5, 0.6) is 5.88 Å². The fraction of sp³-hybridized carbons (Fsp3) is 0.364. The van der Waals surface area contributed by atoms with Crippen LogP contribution in [0.1, 0.15) is 6.92 Å². The normalized spacial score (nSPS) is 10.4. The number of ether oxygens (including phenoxy) is 1. The van der Waals surface area contributed by atoms with E-state index in [2.05, 4.69) is 20.7 Å². The number of aromatic nitrogens is 3. The van der Waals surface area contributed by atoms with Crippen molar-refractivity contribution >= 4 is 23.5 Å². The van der Waals surface area contributed by atoms with E-state index in [4.69, 9.17) is 4.74 Å². The maximum absolute atomic E-state index is 5.62. The molecule has 0 unspecified atom stereocenters. The summed E-state index contributed by atoms with van der Waals surface area (Å²) in [7, 11) is 0. The molecule has 0 spiro atoms. The third kappa shape index (κ3) is 3.41. The quantitative estimate of drug-likeness (QED) is 0.753. The molecule has 0 bridgehead atoms. The van der Waals surface area contributed by atoms with E-state index in [0.717, 1.165) is 22.8 Å². The highest BCUT2D eigenvalue weighted by atomic mass is 32.2. The van der Waals surface area contributed by atoms with Gasteiger partial charge in [-0.15, -0.1) is 4.37 Å². The van der Waals surface area contributed by atoms with Crippen LogP contribution in [0.25, 0.3) is 11.3 Å². The summed E-state index contributed by atoms with van der Waals surface area (Å²) in [5.41, 5.74) is 1.73. The van der Waals surface area contributed by atoms with Crippen LogP contribution in [-0.4, -0.2) is 31.8 Å². The first-order valence-corrected chi connectivity index (χ1v) is 7.24. The molecule has 2 rings (SSSR count). The Kier molecular flexibility index (Phi) is 4.75.